The molecule has 80 heavy (non-hydrogen) atoms. The quantitative estimate of drug-likeness (QED) is 0.145. The van der Waals surface area contributed by atoms with Crippen LogP contribution in [0.15, 0.2) is 0 Å². The van der Waals surface area contributed by atoms with E-state index in [9.17, 15) is 0 Å². The molecular weight excluding hydrogens is 961 g/mol. The molecule has 9 aliphatic carbocycles. The molecule has 464 valence electrons. The molecule has 9 aliphatic rings. The maximum Gasteiger partial charge on any atom is -0.0207 e. The van der Waals surface area contributed by atoms with Gasteiger partial charge in [0.15, 0.2) is 0 Å². The second-order valence-corrected chi connectivity index (χ2v) is 36.4. The van der Waals surface area contributed by atoms with Crippen LogP contribution in [-0.4, -0.2) is 0 Å². The molecule has 1 spiro atoms. The van der Waals surface area contributed by atoms with E-state index in [1.807, 2.05) is 0 Å². The Morgan fingerprint density at radius 1 is 0.350 bits per heavy atom. The van der Waals surface area contributed by atoms with Crippen LogP contribution in [-0.2, 0) is 0 Å². The Morgan fingerprint density at radius 2 is 0.750 bits per heavy atom. The highest BCUT2D eigenvalue weighted by atomic mass is 14.8. The first-order valence-corrected chi connectivity index (χ1v) is 37.6. The number of hydrogen-bond donors (Lipinski definition) is 0. The van der Waals surface area contributed by atoms with Gasteiger partial charge < -0.3 is 0 Å². The van der Waals surface area contributed by atoms with Crippen molar-refractivity contribution < 1.29 is 0 Å². The number of fused-ring (bicyclic) bond motifs is 3. The Bertz CT molecular complexity index is 2010. The van der Waals surface area contributed by atoms with E-state index in [0.717, 1.165) is 160 Å². The van der Waals surface area contributed by atoms with Gasteiger partial charge in [0.25, 0.3) is 0 Å². The van der Waals surface area contributed by atoms with Gasteiger partial charge in [-0.1, -0.05) is 198 Å². The van der Waals surface area contributed by atoms with Crippen LogP contribution in [0.3, 0.4) is 0 Å². The van der Waals surface area contributed by atoms with Crippen molar-refractivity contribution >= 4 is 0 Å². The predicted molar refractivity (Wildman–Crippen MR) is 350 cm³/mol. The van der Waals surface area contributed by atoms with Gasteiger partial charge in [-0.15, -0.1) is 0 Å². The molecule has 9 saturated carbocycles. The van der Waals surface area contributed by atoms with E-state index in [1.54, 1.807) is 38.5 Å². The fraction of sp³-hybridized carbons (Fsp3) is 1.00. The second-order valence-electron chi connectivity index (χ2n) is 36.4. The summed E-state index contributed by atoms with van der Waals surface area (Å²) in [7, 11) is 0. The van der Waals surface area contributed by atoms with Gasteiger partial charge in [-0.3, -0.25) is 0 Å². The summed E-state index contributed by atoms with van der Waals surface area (Å²) < 4.78 is 0. The Balaban J connectivity index is 0.997. The van der Waals surface area contributed by atoms with Crippen LogP contribution >= 0.6 is 0 Å². The molecule has 2 bridgehead atoms. The highest BCUT2D eigenvalue weighted by molar-refractivity contribution is 5.25. The molecule has 0 N–H and O–H groups in total. The zero-order valence-electron chi connectivity index (χ0n) is 58.6. The highest BCUT2D eigenvalue weighted by Gasteiger charge is 2.76. The molecule has 0 aromatic heterocycles. The highest BCUT2D eigenvalue weighted by Crippen LogP contribution is 2.84. The van der Waals surface area contributed by atoms with Crippen LogP contribution in [0.1, 0.15) is 313 Å². The van der Waals surface area contributed by atoms with Crippen LogP contribution < -0.4 is 0 Å². The first-order valence-electron chi connectivity index (χ1n) is 37.6. The molecule has 0 aromatic rings. The lowest BCUT2D eigenvalue weighted by molar-refractivity contribution is -0.271. The summed E-state index contributed by atoms with van der Waals surface area (Å²) in [6.45, 7) is 62.8. The van der Waals surface area contributed by atoms with Gasteiger partial charge in [0, 0.05) is 0 Å². The lowest BCUT2D eigenvalue weighted by Gasteiger charge is -2.76. The van der Waals surface area contributed by atoms with Crippen LogP contribution in [0.2, 0.25) is 0 Å². The van der Waals surface area contributed by atoms with Gasteiger partial charge in [0.1, 0.15) is 0 Å². The van der Waals surface area contributed by atoms with E-state index >= 15 is 0 Å². The molecule has 0 heterocycles. The van der Waals surface area contributed by atoms with Crippen molar-refractivity contribution in [3.05, 3.63) is 0 Å². The summed E-state index contributed by atoms with van der Waals surface area (Å²) in [5.41, 5.74) is 2.70. The second kappa shape index (κ2) is 24.2. The fourth-order valence-corrected chi connectivity index (χ4v) is 27.6. The van der Waals surface area contributed by atoms with Gasteiger partial charge >= 0.3 is 0 Å². The lowest BCUT2D eigenvalue weighted by atomic mass is 9.28. The maximum atomic E-state index is 3.01. The number of rotatable bonds is 16. The van der Waals surface area contributed by atoms with Gasteiger partial charge in [0.2, 0.25) is 0 Å². The molecule has 20 unspecified atom stereocenters. The first-order chi connectivity index (χ1) is 37.6. The van der Waals surface area contributed by atoms with Gasteiger partial charge in [-0.25, -0.2) is 0 Å². The van der Waals surface area contributed by atoms with E-state index < -0.39 is 0 Å². The minimum absolute atomic E-state index is 0.394. The van der Waals surface area contributed by atoms with E-state index in [2.05, 4.69) is 159 Å². The smallest absolute Gasteiger partial charge is 0.0207 e. The van der Waals surface area contributed by atoms with Crippen LogP contribution in [0.4, 0.5) is 0 Å². The molecule has 0 aliphatic heterocycles. The van der Waals surface area contributed by atoms with Crippen molar-refractivity contribution in [2.45, 2.75) is 313 Å². The van der Waals surface area contributed by atoms with E-state index in [-0.39, 0.29) is 0 Å². The van der Waals surface area contributed by atoms with Crippen LogP contribution in [0, 0.1) is 192 Å². The van der Waals surface area contributed by atoms with Gasteiger partial charge in [0.05, 0.1) is 0 Å². The van der Waals surface area contributed by atoms with E-state index in [0.29, 0.717) is 32.5 Å². The Hall–Kier alpha value is 0. The molecule has 0 saturated heterocycles. The topological polar surface area (TPSA) is 0 Å². The molecule has 0 nitrogen and oxygen atoms in total. The fourth-order valence-electron chi connectivity index (χ4n) is 27.6. The van der Waals surface area contributed by atoms with Crippen LogP contribution in [0.25, 0.3) is 0 Å². The third-order valence-corrected chi connectivity index (χ3v) is 35.6. The summed E-state index contributed by atoms with van der Waals surface area (Å²) in [5.74, 6) is 24.1. The minimum atomic E-state index is 0.394. The summed E-state index contributed by atoms with van der Waals surface area (Å²) in [4.78, 5) is 0. The monoisotopic (exact) mass is 1110 g/mol. The summed E-state index contributed by atoms with van der Waals surface area (Å²) in [5, 5.41) is 0. The number of hydrogen-bond acceptors (Lipinski definition) is 0. The summed E-state index contributed by atoms with van der Waals surface area (Å²) >= 11 is 0. The van der Waals surface area contributed by atoms with Crippen molar-refractivity contribution in [2.75, 3.05) is 0 Å². The standard InChI is InChI=1S/C80H144/c1-24-62-37-67(56(14)50(8)53(62)11)42-72-60(18)59(17)65(27-4)40-70(72)36-48(6)75(20)30-29-31-77(22)76(75,21)33-35-80-45-49(7)79(47-80,34-32-78(77,80)23)46-71-41-66(28-5)61(19)73(43-68-38-63(25-2)54(12)51(9)57(68)15)74(71)44-69-39-64(26-3)55(13)52(10)58(69)16/h48-74H,24-47H2,1-23H3/t48?,49?,50-,51?,52?,53?,54-,55-,56?,57+,58+,59?,60-,61+,62-,63?,64?,65-,66?,67-,68?,69?,70?,71?,72?,73?,74-,75?,76+,77?,78-,79?,80?/m0/s1. The minimum Gasteiger partial charge on any atom is -0.0651 e. The zero-order chi connectivity index (χ0) is 58.6. The van der Waals surface area contributed by atoms with E-state index in [1.165, 1.54) is 116 Å². The van der Waals surface area contributed by atoms with E-state index in [4.69, 9.17) is 0 Å². The zero-order valence-corrected chi connectivity index (χ0v) is 58.6. The Kier molecular flexibility index (Phi) is 19.5. The average molecular weight is 1110 g/mol. The van der Waals surface area contributed by atoms with Crippen molar-refractivity contribution in [1.29, 1.82) is 0 Å². The van der Waals surface area contributed by atoms with Crippen molar-refractivity contribution in [1.82, 2.24) is 0 Å². The van der Waals surface area contributed by atoms with Crippen molar-refractivity contribution in [2.24, 2.45) is 192 Å². The van der Waals surface area contributed by atoms with Gasteiger partial charge in [-0.2, -0.15) is 0 Å². The molecular formula is C80H144. The van der Waals surface area contributed by atoms with Gasteiger partial charge in [-0.05, 0) is 308 Å². The van der Waals surface area contributed by atoms with Crippen molar-refractivity contribution in [3.63, 3.8) is 0 Å². The molecule has 0 heteroatoms. The normalized spacial score (nSPS) is 56.7. The summed E-state index contributed by atoms with van der Waals surface area (Å²) in [6, 6.07) is 0. The molecule has 0 radical (unpaired) electrons. The third kappa shape index (κ3) is 10.3. The molecule has 9 fully saturated rings. The maximum absolute atomic E-state index is 3.01. The molecule has 0 amide bonds. The first kappa shape index (κ1) is 64.5. The Morgan fingerprint density at radius 3 is 1.24 bits per heavy atom. The predicted octanol–water partition coefficient (Wildman–Crippen LogP) is 24.5. The third-order valence-electron chi connectivity index (χ3n) is 35.6. The largest absolute Gasteiger partial charge is 0.0651 e. The molecule has 9 rings (SSSR count). The van der Waals surface area contributed by atoms with Crippen LogP contribution in [0.5, 0.6) is 0 Å². The molecule has 33 atom stereocenters. The summed E-state index contributed by atoms with van der Waals surface area (Å²) in [6.07, 6.45) is 36.0. The van der Waals surface area contributed by atoms with Crippen molar-refractivity contribution in [3.8, 4) is 0 Å². The Labute approximate surface area is 503 Å². The average Bonchev–Trinajstić information content (AvgIpc) is 3.08. The SMILES string of the molecule is CCC1CC(CC2[C@H](C)C(CC)CC(CC34CC[C@]5(C)C(CC[C@]6(C)C(C)(C(C)CC7C[C@H](CC)C(C)[C@H](C)C7C[C@@H]7C[C@H](CC)C(C)[C@H](C)C7C)CCCC56C)(CC3C)C4)[C@@H]2CC2CC(CC)[C@@H](C)C(C)[C@H]2C)[C@H](C)C(C)[C@@H]1C. The lowest BCUT2D eigenvalue weighted by Crippen LogP contribution is -2.68. The molecule has 0 aromatic carbocycles.